The van der Waals surface area contributed by atoms with Crippen molar-refractivity contribution in [2.75, 3.05) is 0 Å². The molecule has 0 saturated heterocycles. The Labute approximate surface area is 102 Å². The number of nitrogens with one attached hydrogen (secondary N) is 1. The molecule has 4 N–H and O–H groups in total. The summed E-state index contributed by atoms with van der Waals surface area (Å²) in [7, 11) is 0. The van der Waals surface area contributed by atoms with E-state index in [1.54, 1.807) is 6.08 Å². The van der Waals surface area contributed by atoms with E-state index in [9.17, 15) is 14.7 Å². The number of allylic oxidation sites excluding steroid dienone is 1. The number of nitrogens with two attached hydrogens (primary N) is 1. The Morgan fingerprint density at radius 1 is 1.47 bits per heavy atom. The summed E-state index contributed by atoms with van der Waals surface area (Å²) in [5.41, 5.74) is 5.16. The monoisotopic (exact) mass is 242 g/mol. The van der Waals surface area contributed by atoms with E-state index in [0.717, 1.165) is 0 Å². The number of carbonyl (C=O) groups is 2. The fourth-order valence-corrected chi connectivity index (χ4v) is 1.39. The van der Waals surface area contributed by atoms with Gasteiger partial charge in [-0.25, -0.2) is 0 Å². The molecule has 0 heterocycles. The molecule has 0 saturated carbocycles. The minimum atomic E-state index is -1.10. The van der Waals surface area contributed by atoms with Crippen LogP contribution in [0, 0.1) is 5.92 Å². The minimum Gasteiger partial charge on any atom is -0.383 e. The number of hydrogen-bond acceptors (Lipinski definition) is 3. The molecule has 0 rings (SSSR count). The second kappa shape index (κ2) is 7.84. The summed E-state index contributed by atoms with van der Waals surface area (Å²) < 4.78 is 0. The van der Waals surface area contributed by atoms with Crippen LogP contribution in [0.15, 0.2) is 12.7 Å². The molecular formula is C12H22N2O3. The molecule has 98 valence electrons. The van der Waals surface area contributed by atoms with Crippen molar-refractivity contribution in [1.82, 2.24) is 5.32 Å². The van der Waals surface area contributed by atoms with Crippen LogP contribution in [-0.2, 0) is 9.59 Å². The number of hydrogen-bond donors (Lipinski definition) is 3. The Hall–Kier alpha value is -1.36. The van der Waals surface area contributed by atoms with Crippen molar-refractivity contribution in [2.45, 2.75) is 45.3 Å². The van der Waals surface area contributed by atoms with E-state index in [1.807, 2.05) is 13.8 Å². The Balaban J connectivity index is 4.29. The molecule has 0 aromatic heterocycles. The number of amides is 2. The van der Waals surface area contributed by atoms with Crippen LogP contribution < -0.4 is 11.1 Å². The molecule has 0 spiro atoms. The lowest BCUT2D eigenvalue weighted by molar-refractivity contribution is -0.133. The van der Waals surface area contributed by atoms with Gasteiger partial charge >= 0.3 is 0 Å². The number of aliphatic hydroxyl groups excluding tert-OH is 1. The molecule has 5 heteroatoms. The predicted octanol–water partition coefficient (Wildman–Crippen LogP) is 0.330. The van der Waals surface area contributed by atoms with Crippen LogP contribution >= 0.6 is 0 Å². The van der Waals surface area contributed by atoms with Gasteiger partial charge in [0.05, 0.1) is 0 Å². The van der Waals surface area contributed by atoms with Gasteiger partial charge < -0.3 is 16.2 Å². The van der Waals surface area contributed by atoms with E-state index in [1.165, 1.54) is 0 Å². The SMILES string of the molecule is C=CCC[C@@H](NC(=O)[C@H](O)CC(C)C)C(N)=O. The predicted molar refractivity (Wildman–Crippen MR) is 66.0 cm³/mol. The lowest BCUT2D eigenvalue weighted by Crippen LogP contribution is -2.48. The Morgan fingerprint density at radius 3 is 2.47 bits per heavy atom. The highest BCUT2D eigenvalue weighted by Crippen LogP contribution is 2.05. The normalized spacial score (nSPS) is 14.1. The largest absolute Gasteiger partial charge is 0.383 e. The van der Waals surface area contributed by atoms with Gasteiger partial charge in [-0.15, -0.1) is 6.58 Å². The fourth-order valence-electron chi connectivity index (χ4n) is 1.39. The standard InChI is InChI=1S/C12H22N2O3/c1-4-5-6-9(11(13)16)14-12(17)10(15)7-8(2)3/h4,8-10,15H,1,5-7H2,2-3H3,(H2,13,16)(H,14,17)/t9-,10-/m1/s1. The molecular weight excluding hydrogens is 220 g/mol. The summed E-state index contributed by atoms with van der Waals surface area (Å²) in [4.78, 5) is 22.6. The van der Waals surface area contributed by atoms with E-state index >= 15 is 0 Å². The molecule has 0 radical (unpaired) electrons. The zero-order valence-electron chi connectivity index (χ0n) is 10.5. The molecule has 0 bridgehead atoms. The Morgan fingerprint density at radius 2 is 2.06 bits per heavy atom. The second-order valence-electron chi connectivity index (χ2n) is 4.47. The maximum atomic E-state index is 11.6. The third kappa shape index (κ3) is 6.73. The number of primary amides is 1. The first-order valence-corrected chi connectivity index (χ1v) is 5.77. The molecule has 2 atom stereocenters. The molecule has 0 aromatic carbocycles. The van der Waals surface area contributed by atoms with Crippen LogP contribution in [0.2, 0.25) is 0 Å². The maximum absolute atomic E-state index is 11.6. The first kappa shape index (κ1) is 15.6. The molecule has 0 aliphatic carbocycles. The van der Waals surface area contributed by atoms with Crippen molar-refractivity contribution >= 4 is 11.8 Å². The quantitative estimate of drug-likeness (QED) is 0.535. The van der Waals surface area contributed by atoms with Crippen molar-refractivity contribution in [1.29, 1.82) is 0 Å². The molecule has 0 unspecified atom stereocenters. The van der Waals surface area contributed by atoms with Gasteiger partial charge in [0.1, 0.15) is 12.1 Å². The van der Waals surface area contributed by atoms with Crippen molar-refractivity contribution < 1.29 is 14.7 Å². The summed E-state index contributed by atoms with van der Waals surface area (Å²) in [6, 6.07) is -0.748. The van der Waals surface area contributed by atoms with E-state index in [4.69, 9.17) is 5.73 Å². The Kier molecular flexibility index (Phi) is 7.21. The zero-order valence-corrected chi connectivity index (χ0v) is 10.5. The highest BCUT2D eigenvalue weighted by atomic mass is 16.3. The highest BCUT2D eigenvalue weighted by molar-refractivity contribution is 5.88. The first-order valence-electron chi connectivity index (χ1n) is 5.77. The van der Waals surface area contributed by atoms with E-state index < -0.39 is 24.0 Å². The van der Waals surface area contributed by atoms with Crippen molar-refractivity contribution in [3.63, 3.8) is 0 Å². The summed E-state index contributed by atoms with van der Waals surface area (Å²) >= 11 is 0. The lowest BCUT2D eigenvalue weighted by atomic mass is 10.0. The van der Waals surface area contributed by atoms with Gasteiger partial charge in [0.15, 0.2) is 0 Å². The summed E-state index contributed by atoms with van der Waals surface area (Å²) in [6.07, 6.45) is 1.89. The molecule has 0 aromatic rings. The lowest BCUT2D eigenvalue weighted by Gasteiger charge is -2.18. The summed E-state index contributed by atoms with van der Waals surface area (Å²) in [5, 5.41) is 12.0. The average Bonchev–Trinajstić information content (AvgIpc) is 2.22. The van der Waals surface area contributed by atoms with E-state index in [2.05, 4.69) is 11.9 Å². The van der Waals surface area contributed by atoms with Crippen LogP contribution in [0.1, 0.15) is 33.1 Å². The average molecular weight is 242 g/mol. The van der Waals surface area contributed by atoms with Crippen LogP contribution in [0.3, 0.4) is 0 Å². The van der Waals surface area contributed by atoms with Crippen LogP contribution in [0.25, 0.3) is 0 Å². The van der Waals surface area contributed by atoms with Crippen molar-refractivity contribution in [3.8, 4) is 0 Å². The second-order valence-corrected chi connectivity index (χ2v) is 4.47. The third-order valence-corrected chi connectivity index (χ3v) is 2.32. The van der Waals surface area contributed by atoms with Gasteiger partial charge in [0.25, 0.3) is 0 Å². The fraction of sp³-hybridized carbons (Fsp3) is 0.667. The van der Waals surface area contributed by atoms with Gasteiger partial charge in [-0.2, -0.15) is 0 Å². The van der Waals surface area contributed by atoms with Crippen molar-refractivity contribution in [3.05, 3.63) is 12.7 Å². The highest BCUT2D eigenvalue weighted by Gasteiger charge is 2.22. The number of rotatable bonds is 8. The molecule has 2 amide bonds. The first-order chi connectivity index (χ1) is 7.88. The van der Waals surface area contributed by atoms with Crippen LogP contribution in [0.5, 0.6) is 0 Å². The van der Waals surface area contributed by atoms with E-state index in [0.29, 0.717) is 19.3 Å². The van der Waals surface area contributed by atoms with Crippen molar-refractivity contribution in [2.24, 2.45) is 11.7 Å². The topological polar surface area (TPSA) is 92.4 Å². The minimum absolute atomic E-state index is 0.205. The van der Waals surface area contributed by atoms with Gasteiger partial charge in [-0.3, -0.25) is 9.59 Å². The Bertz CT molecular complexity index is 277. The van der Waals surface area contributed by atoms with Crippen LogP contribution in [0.4, 0.5) is 0 Å². The molecule has 0 aliphatic rings. The summed E-state index contributed by atoms with van der Waals surface area (Å²) in [6.45, 7) is 7.34. The maximum Gasteiger partial charge on any atom is 0.249 e. The van der Waals surface area contributed by atoms with Crippen LogP contribution in [-0.4, -0.2) is 29.1 Å². The smallest absolute Gasteiger partial charge is 0.249 e. The van der Waals surface area contributed by atoms with Gasteiger partial charge in [-0.1, -0.05) is 19.9 Å². The molecule has 5 nitrogen and oxygen atoms in total. The van der Waals surface area contributed by atoms with Gasteiger partial charge in [0.2, 0.25) is 11.8 Å². The summed E-state index contributed by atoms with van der Waals surface area (Å²) in [5.74, 6) is -0.945. The molecule has 0 aliphatic heterocycles. The van der Waals surface area contributed by atoms with Gasteiger partial charge in [0, 0.05) is 0 Å². The molecule has 17 heavy (non-hydrogen) atoms. The third-order valence-electron chi connectivity index (χ3n) is 2.32. The number of carbonyl (C=O) groups excluding carboxylic acids is 2. The van der Waals surface area contributed by atoms with E-state index in [-0.39, 0.29) is 5.92 Å². The zero-order chi connectivity index (χ0) is 13.4. The molecule has 0 fully saturated rings. The van der Waals surface area contributed by atoms with Gasteiger partial charge in [-0.05, 0) is 25.2 Å². The number of aliphatic hydroxyl groups is 1.